The zero-order chi connectivity index (χ0) is 24.1. The Morgan fingerprint density at radius 2 is 1.76 bits per heavy atom. The molecule has 1 heterocycles. The van der Waals surface area contributed by atoms with Crippen LogP contribution in [-0.2, 0) is 4.79 Å². The van der Waals surface area contributed by atoms with Crippen molar-refractivity contribution in [2.24, 2.45) is 46.3 Å². The summed E-state index contributed by atoms with van der Waals surface area (Å²) in [6.45, 7) is 7.33. The predicted molar refractivity (Wildman–Crippen MR) is 134 cm³/mol. The topological polar surface area (TPSA) is 82.5 Å². The van der Waals surface area contributed by atoms with Crippen molar-refractivity contribution in [2.45, 2.75) is 97.2 Å². The third kappa shape index (κ3) is 4.11. The van der Waals surface area contributed by atoms with Crippen LogP contribution in [0.25, 0.3) is 0 Å². The summed E-state index contributed by atoms with van der Waals surface area (Å²) in [6.07, 6.45) is 13.2. The Morgan fingerprint density at radius 1 is 1.06 bits per heavy atom. The highest BCUT2D eigenvalue weighted by Gasteiger charge is 2.62. The van der Waals surface area contributed by atoms with Crippen LogP contribution < -0.4 is 5.32 Å². The van der Waals surface area contributed by atoms with E-state index >= 15 is 0 Å². The Balaban J connectivity index is 1.25. The molecule has 1 aromatic rings. The lowest BCUT2D eigenvalue weighted by Crippen LogP contribution is -2.58. The number of fused-ring (bicyclic) bond motifs is 5. The predicted octanol–water partition coefficient (Wildman–Crippen LogP) is 5.43. The van der Waals surface area contributed by atoms with Gasteiger partial charge in [0.15, 0.2) is 0 Å². The lowest BCUT2D eigenvalue weighted by Gasteiger charge is -2.62. The van der Waals surface area contributed by atoms with Crippen LogP contribution in [0.4, 0.5) is 5.69 Å². The Labute approximate surface area is 205 Å². The second-order valence-electron chi connectivity index (χ2n) is 12.8. The van der Waals surface area contributed by atoms with E-state index < -0.39 is 0 Å². The number of hydrogen-bond donors (Lipinski definition) is 3. The zero-order valence-corrected chi connectivity index (χ0v) is 21.2. The smallest absolute Gasteiger partial charge is 0.224 e. The molecule has 5 nitrogen and oxygen atoms in total. The molecular formula is C29H44N2O3. The quantitative estimate of drug-likeness (QED) is 0.538. The Morgan fingerprint density at radius 3 is 2.53 bits per heavy atom. The second-order valence-corrected chi connectivity index (χ2v) is 12.8. The number of anilines is 1. The van der Waals surface area contributed by atoms with Gasteiger partial charge in [-0.05, 0) is 116 Å². The minimum atomic E-state index is -0.224. The van der Waals surface area contributed by atoms with Crippen LogP contribution in [0.2, 0.25) is 0 Å². The number of amides is 1. The minimum absolute atomic E-state index is 0.0858. The monoisotopic (exact) mass is 468 g/mol. The number of carbonyl (C=O) groups is 1. The van der Waals surface area contributed by atoms with Crippen molar-refractivity contribution in [3.05, 3.63) is 24.5 Å². The molecule has 4 aliphatic carbocycles. The first kappa shape index (κ1) is 24.2. The highest BCUT2D eigenvalue weighted by molar-refractivity contribution is 5.90. The van der Waals surface area contributed by atoms with Gasteiger partial charge in [-0.2, -0.15) is 0 Å². The first-order chi connectivity index (χ1) is 16.2. The Hall–Kier alpha value is -1.46. The molecular weight excluding hydrogens is 424 g/mol. The minimum Gasteiger partial charge on any atom is -0.393 e. The van der Waals surface area contributed by atoms with E-state index in [2.05, 4.69) is 31.1 Å². The van der Waals surface area contributed by atoms with E-state index in [1.807, 2.05) is 12.1 Å². The summed E-state index contributed by atoms with van der Waals surface area (Å²) < 4.78 is 0. The maximum atomic E-state index is 12.5. The van der Waals surface area contributed by atoms with Gasteiger partial charge >= 0.3 is 0 Å². The summed E-state index contributed by atoms with van der Waals surface area (Å²) >= 11 is 0. The van der Waals surface area contributed by atoms with Gasteiger partial charge in [0.2, 0.25) is 5.91 Å². The third-order valence-electron chi connectivity index (χ3n) is 11.2. The number of nitrogens with one attached hydrogen (secondary N) is 1. The summed E-state index contributed by atoms with van der Waals surface area (Å²) in [4.78, 5) is 16.5. The van der Waals surface area contributed by atoms with Crippen molar-refractivity contribution in [1.82, 2.24) is 4.98 Å². The van der Waals surface area contributed by atoms with Crippen molar-refractivity contribution in [2.75, 3.05) is 5.32 Å². The normalized spacial score (nSPS) is 44.4. The van der Waals surface area contributed by atoms with E-state index in [4.69, 9.17) is 0 Å². The molecule has 1 amide bonds. The molecule has 4 fully saturated rings. The van der Waals surface area contributed by atoms with Crippen molar-refractivity contribution >= 4 is 11.6 Å². The molecule has 0 aromatic carbocycles. The van der Waals surface area contributed by atoms with Crippen molar-refractivity contribution in [3.8, 4) is 0 Å². The summed E-state index contributed by atoms with van der Waals surface area (Å²) in [7, 11) is 0. The zero-order valence-electron chi connectivity index (χ0n) is 21.2. The van der Waals surface area contributed by atoms with Crippen molar-refractivity contribution in [1.29, 1.82) is 0 Å². The average molecular weight is 469 g/mol. The fraction of sp³-hybridized carbons (Fsp3) is 0.793. The lowest BCUT2D eigenvalue weighted by molar-refractivity contribution is -0.174. The molecule has 0 saturated heterocycles. The molecule has 3 N–H and O–H groups in total. The second kappa shape index (κ2) is 9.20. The van der Waals surface area contributed by atoms with E-state index in [0.717, 1.165) is 37.8 Å². The first-order valence-electron chi connectivity index (χ1n) is 13.8. The third-order valence-corrected chi connectivity index (χ3v) is 11.2. The van der Waals surface area contributed by atoms with E-state index in [-0.39, 0.29) is 28.9 Å². The molecule has 0 spiro atoms. The van der Waals surface area contributed by atoms with E-state index in [1.165, 1.54) is 25.7 Å². The van der Waals surface area contributed by atoms with Gasteiger partial charge in [0.05, 0.1) is 12.2 Å². The van der Waals surface area contributed by atoms with Crippen LogP contribution in [0.5, 0.6) is 0 Å². The molecule has 5 heteroatoms. The number of rotatable bonds is 5. The number of hydrogen-bond acceptors (Lipinski definition) is 4. The van der Waals surface area contributed by atoms with Gasteiger partial charge in [-0.25, -0.2) is 0 Å². The number of carbonyl (C=O) groups excluding carboxylic acids is 1. The van der Waals surface area contributed by atoms with Crippen LogP contribution >= 0.6 is 0 Å². The molecule has 0 bridgehead atoms. The maximum absolute atomic E-state index is 12.5. The molecule has 1 aromatic heterocycles. The molecule has 188 valence electrons. The fourth-order valence-corrected chi connectivity index (χ4v) is 9.39. The summed E-state index contributed by atoms with van der Waals surface area (Å²) in [6, 6.07) is 3.66. The van der Waals surface area contributed by atoms with Gasteiger partial charge in [-0.1, -0.05) is 20.8 Å². The van der Waals surface area contributed by atoms with Crippen LogP contribution in [-0.4, -0.2) is 33.3 Å². The van der Waals surface area contributed by atoms with E-state index in [9.17, 15) is 15.0 Å². The van der Waals surface area contributed by atoms with E-state index in [0.29, 0.717) is 41.9 Å². The number of nitrogens with zero attached hydrogens (tertiary/aromatic N) is 1. The lowest BCUT2D eigenvalue weighted by atomic mass is 9.43. The largest absolute Gasteiger partial charge is 0.393 e. The molecule has 0 radical (unpaired) electrons. The van der Waals surface area contributed by atoms with Crippen LogP contribution in [0.15, 0.2) is 24.5 Å². The number of aliphatic hydroxyl groups excluding tert-OH is 2. The Bertz CT molecular complexity index is 877. The van der Waals surface area contributed by atoms with Gasteiger partial charge in [0, 0.05) is 24.5 Å². The highest BCUT2D eigenvalue weighted by Crippen LogP contribution is 2.68. The highest BCUT2D eigenvalue weighted by atomic mass is 16.3. The van der Waals surface area contributed by atoms with Gasteiger partial charge in [0.25, 0.3) is 0 Å². The SMILES string of the molecule is C[C@H](CCC(=O)Nc1ccncc1)[C@H]1CC[C@H]2[C@@H]3[C@H](O)C[C@@H]4C[C@H](O)CC[C@]4(C)[C@H]3CC[C@]12C. The van der Waals surface area contributed by atoms with Gasteiger partial charge in [-0.3, -0.25) is 9.78 Å². The summed E-state index contributed by atoms with van der Waals surface area (Å²) in [5, 5.41) is 24.7. The van der Waals surface area contributed by atoms with Gasteiger partial charge < -0.3 is 15.5 Å². The molecule has 0 aliphatic heterocycles. The molecule has 34 heavy (non-hydrogen) atoms. The molecule has 4 aliphatic rings. The summed E-state index contributed by atoms with van der Waals surface area (Å²) in [5.74, 6) is 3.26. The average Bonchev–Trinajstić information content (AvgIpc) is 3.16. The van der Waals surface area contributed by atoms with Crippen molar-refractivity contribution < 1.29 is 15.0 Å². The van der Waals surface area contributed by atoms with E-state index in [1.54, 1.807) is 12.4 Å². The van der Waals surface area contributed by atoms with Gasteiger partial charge in [0.1, 0.15) is 0 Å². The maximum Gasteiger partial charge on any atom is 0.224 e. The fourth-order valence-electron chi connectivity index (χ4n) is 9.39. The molecule has 10 atom stereocenters. The van der Waals surface area contributed by atoms with Crippen molar-refractivity contribution in [3.63, 3.8) is 0 Å². The number of pyridine rings is 1. The van der Waals surface area contributed by atoms with Gasteiger partial charge in [-0.15, -0.1) is 0 Å². The number of aliphatic hydroxyl groups is 2. The summed E-state index contributed by atoms with van der Waals surface area (Å²) in [5.41, 5.74) is 1.35. The molecule has 5 rings (SSSR count). The Kier molecular flexibility index (Phi) is 6.56. The molecule has 0 unspecified atom stereocenters. The van der Waals surface area contributed by atoms with Crippen LogP contribution in [0, 0.1) is 46.3 Å². The molecule has 4 saturated carbocycles. The standard InChI is InChI=1S/C29H44N2O3/c1-18(4-7-26(34)31-20-10-14-30-15-11-20)22-5-6-23-27-24(9-13-29(22,23)3)28(2)12-8-21(32)16-19(28)17-25(27)33/h10-11,14-15,18-19,21-25,27,32-33H,4-9,12-13,16-17H2,1-3H3,(H,30,31,34)/t18-,19+,21-,22-,23+,24+,25-,27+,28+,29-/m1/s1. The van der Waals surface area contributed by atoms with Crippen LogP contribution in [0.1, 0.15) is 85.0 Å². The first-order valence-corrected chi connectivity index (χ1v) is 13.8. The number of aromatic nitrogens is 1. The van der Waals surface area contributed by atoms with Crippen LogP contribution in [0.3, 0.4) is 0 Å².